The predicted molar refractivity (Wildman–Crippen MR) is 65.9 cm³/mol. The largest absolute Gasteiger partial charge is 0.330 e. The van der Waals surface area contributed by atoms with Crippen LogP contribution in [0.3, 0.4) is 0 Å². The van der Waals surface area contributed by atoms with Crippen LogP contribution >= 0.6 is 27.7 Å². The van der Waals surface area contributed by atoms with Crippen molar-refractivity contribution in [1.82, 2.24) is 0 Å². The molecule has 0 unspecified atom stereocenters. The first-order valence-electron chi connectivity index (χ1n) is 5.01. The summed E-state index contributed by atoms with van der Waals surface area (Å²) in [4.78, 5) is 1.72. The topological polar surface area (TPSA) is 4.44 Å². The number of halogens is 1. The minimum atomic E-state index is 1.17. The minimum Gasteiger partial charge on any atom is -0.330 e. The van der Waals surface area contributed by atoms with E-state index in [0.29, 0.717) is 0 Å². The molecule has 0 radical (unpaired) electrons. The molecule has 76 valence electrons. The Balaban J connectivity index is 1.99. The second kappa shape index (κ2) is 5.19. The molecule has 0 aliphatic carbocycles. The highest BCUT2D eigenvalue weighted by atomic mass is 79.9. The van der Waals surface area contributed by atoms with Gasteiger partial charge in [-0.3, -0.25) is 0 Å². The third-order valence-corrected chi connectivity index (χ3v) is 4.36. The second-order valence-electron chi connectivity index (χ2n) is 3.63. The monoisotopic (exact) mass is 272 g/mol. The zero-order valence-corrected chi connectivity index (χ0v) is 10.5. The standard InChI is InChI=1S/C11H14BrNS/c12-11-4-2-1-3-10(11)9-13-5-7-14-8-6-13/h1-4H,5-9H2/p+1. The van der Waals surface area contributed by atoms with Crippen LogP contribution in [-0.2, 0) is 6.54 Å². The maximum Gasteiger partial charge on any atom is 0.104 e. The van der Waals surface area contributed by atoms with Crippen molar-refractivity contribution in [2.24, 2.45) is 0 Å². The van der Waals surface area contributed by atoms with E-state index in [9.17, 15) is 0 Å². The van der Waals surface area contributed by atoms with Crippen LogP contribution in [0.15, 0.2) is 28.7 Å². The summed E-state index contributed by atoms with van der Waals surface area (Å²) >= 11 is 5.69. The van der Waals surface area contributed by atoms with E-state index in [1.165, 1.54) is 41.2 Å². The first-order valence-corrected chi connectivity index (χ1v) is 6.96. The average molecular weight is 273 g/mol. The van der Waals surface area contributed by atoms with Crippen molar-refractivity contribution < 1.29 is 4.90 Å². The molecule has 1 aliphatic heterocycles. The van der Waals surface area contributed by atoms with E-state index in [2.05, 4.69) is 52.0 Å². The van der Waals surface area contributed by atoms with Crippen LogP contribution < -0.4 is 4.90 Å². The Labute approximate surface area is 98.0 Å². The van der Waals surface area contributed by atoms with Crippen molar-refractivity contribution in [3.8, 4) is 0 Å². The summed E-state index contributed by atoms with van der Waals surface area (Å²) in [6.07, 6.45) is 0. The number of quaternary nitrogens is 1. The Bertz CT molecular complexity index is 297. The number of hydrogen-bond donors (Lipinski definition) is 1. The maximum absolute atomic E-state index is 3.60. The Kier molecular flexibility index (Phi) is 3.90. The lowest BCUT2D eigenvalue weighted by molar-refractivity contribution is -0.910. The third kappa shape index (κ3) is 2.75. The van der Waals surface area contributed by atoms with Gasteiger partial charge in [-0.05, 0) is 6.07 Å². The summed E-state index contributed by atoms with van der Waals surface area (Å²) in [5, 5.41) is 0. The highest BCUT2D eigenvalue weighted by molar-refractivity contribution is 9.10. The van der Waals surface area contributed by atoms with Gasteiger partial charge in [0.25, 0.3) is 0 Å². The lowest BCUT2D eigenvalue weighted by Gasteiger charge is -2.23. The van der Waals surface area contributed by atoms with Gasteiger partial charge in [-0.15, -0.1) is 0 Å². The van der Waals surface area contributed by atoms with Gasteiger partial charge in [-0.2, -0.15) is 11.8 Å². The average Bonchev–Trinajstić information content (AvgIpc) is 2.23. The van der Waals surface area contributed by atoms with E-state index in [0.717, 1.165) is 0 Å². The van der Waals surface area contributed by atoms with Crippen molar-refractivity contribution >= 4 is 27.7 Å². The summed E-state index contributed by atoms with van der Waals surface area (Å²) in [6, 6.07) is 8.56. The third-order valence-electron chi connectivity index (χ3n) is 2.60. The molecule has 0 amide bonds. The van der Waals surface area contributed by atoms with Gasteiger partial charge >= 0.3 is 0 Å². The molecule has 0 saturated carbocycles. The number of benzene rings is 1. The molecule has 0 bridgehead atoms. The van der Waals surface area contributed by atoms with Crippen LogP contribution in [-0.4, -0.2) is 24.6 Å². The summed E-state index contributed by atoms with van der Waals surface area (Å²) in [6.45, 7) is 3.79. The Morgan fingerprint density at radius 1 is 1.21 bits per heavy atom. The van der Waals surface area contributed by atoms with Crippen molar-refractivity contribution in [3.05, 3.63) is 34.3 Å². The molecule has 1 aliphatic rings. The molecule has 3 heteroatoms. The fourth-order valence-electron chi connectivity index (χ4n) is 1.75. The van der Waals surface area contributed by atoms with Crippen molar-refractivity contribution in [2.45, 2.75) is 6.54 Å². The number of thioether (sulfide) groups is 1. The van der Waals surface area contributed by atoms with Crippen LogP contribution in [0.4, 0.5) is 0 Å². The highest BCUT2D eigenvalue weighted by Gasteiger charge is 2.14. The van der Waals surface area contributed by atoms with Crippen LogP contribution in [0.2, 0.25) is 0 Å². The van der Waals surface area contributed by atoms with Crippen LogP contribution in [0.5, 0.6) is 0 Å². The van der Waals surface area contributed by atoms with E-state index in [-0.39, 0.29) is 0 Å². The van der Waals surface area contributed by atoms with Gasteiger partial charge in [0.15, 0.2) is 0 Å². The number of nitrogens with one attached hydrogen (secondary N) is 1. The van der Waals surface area contributed by atoms with Gasteiger partial charge in [0.05, 0.1) is 13.1 Å². The summed E-state index contributed by atoms with van der Waals surface area (Å²) in [7, 11) is 0. The Hall–Kier alpha value is 0.01000. The van der Waals surface area contributed by atoms with E-state index in [1.807, 2.05) is 0 Å². The van der Waals surface area contributed by atoms with Crippen LogP contribution in [0.25, 0.3) is 0 Å². The van der Waals surface area contributed by atoms with Gasteiger partial charge in [0.1, 0.15) is 6.54 Å². The van der Waals surface area contributed by atoms with Crippen molar-refractivity contribution in [2.75, 3.05) is 24.6 Å². The lowest BCUT2D eigenvalue weighted by Crippen LogP contribution is -3.12. The SMILES string of the molecule is Brc1ccccc1C[NH+]1CCSCC1. The first-order chi connectivity index (χ1) is 6.86. The van der Waals surface area contributed by atoms with Gasteiger partial charge in [0, 0.05) is 21.5 Å². The summed E-state index contributed by atoms with van der Waals surface area (Å²) < 4.78 is 1.26. The van der Waals surface area contributed by atoms with E-state index >= 15 is 0 Å². The fourth-order valence-corrected chi connectivity index (χ4v) is 3.24. The molecule has 1 heterocycles. The van der Waals surface area contributed by atoms with E-state index in [1.54, 1.807) is 4.90 Å². The van der Waals surface area contributed by atoms with Crippen LogP contribution in [0.1, 0.15) is 5.56 Å². The molecule has 1 nitrogen and oxygen atoms in total. The van der Waals surface area contributed by atoms with Crippen LogP contribution in [0, 0.1) is 0 Å². The Morgan fingerprint density at radius 3 is 2.64 bits per heavy atom. The highest BCUT2D eigenvalue weighted by Crippen LogP contribution is 2.14. The molecule has 1 aromatic carbocycles. The normalized spacial score (nSPS) is 18.4. The van der Waals surface area contributed by atoms with Gasteiger partial charge in [0.2, 0.25) is 0 Å². The first kappa shape index (κ1) is 10.5. The molecular weight excluding hydrogens is 258 g/mol. The molecule has 1 saturated heterocycles. The predicted octanol–water partition coefficient (Wildman–Crippen LogP) is 1.58. The van der Waals surface area contributed by atoms with E-state index in [4.69, 9.17) is 0 Å². The molecule has 1 N–H and O–H groups in total. The minimum absolute atomic E-state index is 1.17. The van der Waals surface area contributed by atoms with Gasteiger partial charge in [-0.1, -0.05) is 34.1 Å². The molecule has 0 atom stereocenters. The van der Waals surface area contributed by atoms with Gasteiger partial charge in [-0.25, -0.2) is 0 Å². The van der Waals surface area contributed by atoms with E-state index < -0.39 is 0 Å². The molecule has 1 fully saturated rings. The molecular formula is C11H15BrNS+. The van der Waals surface area contributed by atoms with Crippen molar-refractivity contribution in [3.63, 3.8) is 0 Å². The maximum atomic E-state index is 3.60. The van der Waals surface area contributed by atoms with Crippen molar-refractivity contribution in [1.29, 1.82) is 0 Å². The molecule has 1 aromatic rings. The summed E-state index contributed by atoms with van der Waals surface area (Å²) in [5.41, 5.74) is 1.44. The zero-order valence-electron chi connectivity index (χ0n) is 8.13. The lowest BCUT2D eigenvalue weighted by atomic mass is 10.2. The zero-order chi connectivity index (χ0) is 9.80. The number of rotatable bonds is 2. The number of hydrogen-bond acceptors (Lipinski definition) is 1. The molecule has 14 heavy (non-hydrogen) atoms. The quantitative estimate of drug-likeness (QED) is 0.857. The molecule has 2 rings (SSSR count). The van der Waals surface area contributed by atoms with Gasteiger partial charge < -0.3 is 4.90 Å². The smallest absolute Gasteiger partial charge is 0.104 e. The molecule has 0 aromatic heterocycles. The Morgan fingerprint density at radius 2 is 1.93 bits per heavy atom. The molecule has 0 spiro atoms. The fraction of sp³-hybridized carbons (Fsp3) is 0.455. The summed E-state index contributed by atoms with van der Waals surface area (Å²) in [5.74, 6) is 2.64. The second-order valence-corrected chi connectivity index (χ2v) is 5.71.